The Labute approximate surface area is 80.3 Å². The molecule has 1 aromatic rings. The number of carbonyl (C=O) groups excluding carboxylic acids is 1. The molecule has 0 atom stereocenters. The highest BCUT2D eigenvalue weighted by atomic mass is 32.1. The molecule has 0 saturated heterocycles. The third-order valence-electron chi connectivity index (χ3n) is 1.33. The van der Waals surface area contributed by atoms with Gasteiger partial charge < -0.3 is 15.2 Å². The Morgan fingerprint density at radius 3 is 2.92 bits per heavy atom. The lowest BCUT2D eigenvalue weighted by atomic mass is 10.5. The third kappa shape index (κ3) is 2.71. The molecule has 0 amide bonds. The minimum atomic E-state index is -0.348. The summed E-state index contributed by atoms with van der Waals surface area (Å²) in [6.07, 6.45) is 0. The van der Waals surface area contributed by atoms with Gasteiger partial charge in [-0.05, 0) is 12.1 Å². The van der Waals surface area contributed by atoms with Crippen molar-refractivity contribution in [3.8, 4) is 5.06 Å². The molecule has 2 N–H and O–H groups in total. The van der Waals surface area contributed by atoms with Crippen LogP contribution in [0.2, 0.25) is 0 Å². The summed E-state index contributed by atoms with van der Waals surface area (Å²) in [4.78, 5) is 11.7. The van der Waals surface area contributed by atoms with E-state index in [-0.39, 0.29) is 12.6 Å². The van der Waals surface area contributed by atoms with Gasteiger partial charge in [0.1, 0.15) is 11.5 Å². The summed E-state index contributed by atoms with van der Waals surface area (Å²) in [5.74, 6) is -0.348. The van der Waals surface area contributed by atoms with E-state index in [2.05, 4.69) is 0 Å². The lowest BCUT2D eigenvalue weighted by molar-refractivity contribution is 0.0522. The average Bonchev–Trinajstić information content (AvgIpc) is 2.62. The summed E-state index contributed by atoms with van der Waals surface area (Å²) in [6, 6.07) is 3.39. The second kappa shape index (κ2) is 4.84. The molecule has 0 radical (unpaired) electrons. The van der Waals surface area contributed by atoms with Gasteiger partial charge in [-0.15, -0.1) is 0 Å². The van der Waals surface area contributed by atoms with Gasteiger partial charge in [0.05, 0.1) is 7.11 Å². The fourth-order valence-corrected chi connectivity index (χ4v) is 1.48. The van der Waals surface area contributed by atoms with Crippen LogP contribution in [0.15, 0.2) is 12.1 Å². The highest BCUT2D eigenvalue weighted by molar-refractivity contribution is 7.15. The fourth-order valence-electron chi connectivity index (χ4n) is 0.762. The van der Waals surface area contributed by atoms with E-state index in [9.17, 15) is 4.79 Å². The predicted molar refractivity (Wildman–Crippen MR) is 50.2 cm³/mol. The zero-order valence-corrected chi connectivity index (χ0v) is 8.10. The number of ether oxygens (including phenoxy) is 2. The quantitative estimate of drug-likeness (QED) is 0.734. The molecule has 13 heavy (non-hydrogen) atoms. The van der Waals surface area contributed by atoms with Crippen molar-refractivity contribution < 1.29 is 14.3 Å². The molecule has 0 aliphatic heterocycles. The normalized spacial score (nSPS) is 9.69. The van der Waals surface area contributed by atoms with E-state index in [0.717, 1.165) is 0 Å². The first-order chi connectivity index (χ1) is 6.27. The molecular weight excluding hydrogens is 190 g/mol. The topological polar surface area (TPSA) is 61.5 Å². The van der Waals surface area contributed by atoms with Crippen LogP contribution in [-0.4, -0.2) is 26.2 Å². The van der Waals surface area contributed by atoms with Crippen molar-refractivity contribution in [1.82, 2.24) is 0 Å². The smallest absolute Gasteiger partial charge is 0.348 e. The van der Waals surface area contributed by atoms with Gasteiger partial charge in [-0.2, -0.15) is 0 Å². The van der Waals surface area contributed by atoms with E-state index in [1.54, 1.807) is 19.2 Å². The molecule has 0 unspecified atom stereocenters. The van der Waals surface area contributed by atoms with E-state index in [4.69, 9.17) is 15.2 Å². The molecule has 5 heteroatoms. The monoisotopic (exact) mass is 201 g/mol. The molecule has 4 nitrogen and oxygen atoms in total. The second-order valence-corrected chi connectivity index (χ2v) is 3.29. The van der Waals surface area contributed by atoms with Crippen LogP contribution < -0.4 is 10.5 Å². The van der Waals surface area contributed by atoms with Crippen molar-refractivity contribution in [2.45, 2.75) is 0 Å². The SMILES string of the molecule is COc1ccc(C(=O)OCCN)s1. The van der Waals surface area contributed by atoms with Crippen molar-refractivity contribution in [3.05, 3.63) is 17.0 Å². The van der Waals surface area contributed by atoms with Crippen LogP contribution in [-0.2, 0) is 4.74 Å². The highest BCUT2D eigenvalue weighted by Crippen LogP contribution is 2.24. The van der Waals surface area contributed by atoms with E-state index in [1.807, 2.05) is 0 Å². The molecule has 0 aliphatic carbocycles. The first-order valence-corrected chi connectivity index (χ1v) is 4.60. The number of hydrogen-bond donors (Lipinski definition) is 1. The number of hydrogen-bond acceptors (Lipinski definition) is 5. The minimum absolute atomic E-state index is 0.249. The number of esters is 1. The molecule has 1 heterocycles. The molecule has 1 rings (SSSR count). The molecular formula is C8H11NO3S. The van der Waals surface area contributed by atoms with E-state index < -0.39 is 0 Å². The summed E-state index contributed by atoms with van der Waals surface area (Å²) in [5, 5.41) is 0.694. The predicted octanol–water partition coefficient (Wildman–Crippen LogP) is 0.872. The largest absolute Gasteiger partial charge is 0.487 e. The lowest BCUT2D eigenvalue weighted by Crippen LogP contribution is -2.12. The van der Waals surface area contributed by atoms with Gasteiger partial charge in [0.15, 0.2) is 5.06 Å². The standard InChI is InChI=1S/C8H11NO3S/c1-11-7-3-2-6(13-7)8(10)12-5-4-9/h2-3H,4-5,9H2,1H3. The average molecular weight is 201 g/mol. The van der Waals surface area contributed by atoms with Crippen molar-refractivity contribution in [1.29, 1.82) is 0 Å². The summed E-state index contributed by atoms with van der Waals surface area (Å²) >= 11 is 1.25. The van der Waals surface area contributed by atoms with Crippen LogP contribution >= 0.6 is 11.3 Å². The Balaban J connectivity index is 2.55. The molecule has 0 bridgehead atoms. The van der Waals surface area contributed by atoms with Crippen LogP contribution in [0.25, 0.3) is 0 Å². The van der Waals surface area contributed by atoms with Crippen molar-refractivity contribution in [2.75, 3.05) is 20.3 Å². The van der Waals surface area contributed by atoms with Gasteiger partial charge in [-0.25, -0.2) is 4.79 Å². The summed E-state index contributed by atoms with van der Waals surface area (Å²) in [7, 11) is 1.56. The maximum Gasteiger partial charge on any atom is 0.348 e. The Morgan fingerprint density at radius 1 is 1.62 bits per heavy atom. The zero-order chi connectivity index (χ0) is 9.68. The Kier molecular flexibility index (Phi) is 3.72. The molecule has 0 fully saturated rings. The van der Waals surface area contributed by atoms with E-state index in [1.165, 1.54) is 11.3 Å². The highest BCUT2D eigenvalue weighted by Gasteiger charge is 2.09. The van der Waals surface area contributed by atoms with Crippen LogP contribution in [0.3, 0.4) is 0 Å². The number of thiophene rings is 1. The van der Waals surface area contributed by atoms with Crippen molar-refractivity contribution in [3.63, 3.8) is 0 Å². The number of methoxy groups -OCH3 is 1. The van der Waals surface area contributed by atoms with Crippen LogP contribution in [0.4, 0.5) is 0 Å². The van der Waals surface area contributed by atoms with Gasteiger partial charge in [0.25, 0.3) is 0 Å². The van der Waals surface area contributed by atoms with Crippen LogP contribution in [0.5, 0.6) is 5.06 Å². The maximum atomic E-state index is 11.2. The maximum absolute atomic E-state index is 11.2. The Hall–Kier alpha value is -1.07. The summed E-state index contributed by atoms with van der Waals surface area (Å²) < 4.78 is 9.76. The number of carbonyl (C=O) groups is 1. The molecule has 72 valence electrons. The van der Waals surface area contributed by atoms with Gasteiger partial charge in [0.2, 0.25) is 0 Å². The van der Waals surface area contributed by atoms with Gasteiger partial charge in [0, 0.05) is 6.54 Å². The van der Waals surface area contributed by atoms with Crippen LogP contribution in [0.1, 0.15) is 9.67 Å². The zero-order valence-electron chi connectivity index (χ0n) is 7.28. The van der Waals surface area contributed by atoms with Gasteiger partial charge in [-0.1, -0.05) is 11.3 Å². The van der Waals surface area contributed by atoms with Gasteiger partial charge in [-0.3, -0.25) is 0 Å². The van der Waals surface area contributed by atoms with E-state index in [0.29, 0.717) is 16.5 Å². The Bertz CT molecular complexity index is 285. The summed E-state index contributed by atoms with van der Waals surface area (Å²) in [5.41, 5.74) is 5.19. The third-order valence-corrected chi connectivity index (χ3v) is 2.36. The molecule has 0 aliphatic rings. The van der Waals surface area contributed by atoms with Crippen molar-refractivity contribution >= 4 is 17.3 Å². The molecule has 1 aromatic heterocycles. The molecule has 0 saturated carbocycles. The second-order valence-electron chi connectivity index (χ2n) is 2.25. The molecule has 0 aromatic carbocycles. The first-order valence-electron chi connectivity index (χ1n) is 3.79. The molecule has 0 spiro atoms. The summed E-state index contributed by atoms with van der Waals surface area (Å²) in [6.45, 7) is 0.591. The lowest BCUT2D eigenvalue weighted by Gasteiger charge is -1.98. The number of nitrogens with two attached hydrogens (primary N) is 1. The number of rotatable bonds is 4. The Morgan fingerprint density at radius 2 is 2.38 bits per heavy atom. The minimum Gasteiger partial charge on any atom is -0.487 e. The van der Waals surface area contributed by atoms with Crippen LogP contribution in [0, 0.1) is 0 Å². The van der Waals surface area contributed by atoms with Gasteiger partial charge >= 0.3 is 5.97 Å². The first kappa shape index (κ1) is 10.0. The van der Waals surface area contributed by atoms with Crippen molar-refractivity contribution in [2.24, 2.45) is 5.73 Å². The van der Waals surface area contributed by atoms with E-state index >= 15 is 0 Å². The fraction of sp³-hybridized carbons (Fsp3) is 0.375.